The molecule has 3 N–H and O–H groups in total. The van der Waals surface area contributed by atoms with Crippen molar-refractivity contribution in [1.29, 1.82) is 0 Å². The van der Waals surface area contributed by atoms with Crippen LogP contribution in [0.3, 0.4) is 0 Å². The summed E-state index contributed by atoms with van der Waals surface area (Å²) in [4.78, 5) is 0. The Labute approximate surface area is 71.3 Å². The zero-order chi connectivity index (χ0) is 6.69. The summed E-state index contributed by atoms with van der Waals surface area (Å²) in [5.41, 5.74) is 5.94. The fourth-order valence-electron chi connectivity index (χ4n) is 0.654. The monoisotopic (exact) mass is 199 g/mol. The molecule has 0 unspecified atom stereocenters. The van der Waals surface area contributed by atoms with Gasteiger partial charge < -0.3 is 22.7 Å². The molecular weight excluding hydrogens is 190 g/mol. The number of quaternary nitrogens is 1. The van der Waals surface area contributed by atoms with E-state index in [1.54, 1.807) is 0 Å². The maximum Gasteiger partial charge on any atom is 0.127 e. The molecule has 1 aromatic rings. The van der Waals surface area contributed by atoms with Gasteiger partial charge in [-0.3, -0.25) is 0 Å². The molecule has 1 aromatic carbocycles. The maximum absolute atomic E-state index is 3.76. The van der Waals surface area contributed by atoms with Crippen LogP contribution in [-0.2, 0) is 0 Å². The topological polar surface area (TPSA) is 27.6 Å². The first-order valence-corrected chi connectivity index (χ1v) is 2.87. The lowest BCUT2D eigenvalue weighted by Crippen LogP contribution is -3.00. The lowest BCUT2D eigenvalue weighted by molar-refractivity contribution is -0.254. The summed E-state index contributed by atoms with van der Waals surface area (Å²) in [5.74, 6) is 0. The van der Waals surface area contributed by atoms with E-state index in [-0.39, 0.29) is 17.0 Å². The Morgan fingerprint density at radius 3 is 2.10 bits per heavy atom. The lowest BCUT2D eigenvalue weighted by Gasteiger charge is -1.88. The molecular formula is C8H10BrN. The molecule has 1 rings (SSSR count). The van der Waals surface area contributed by atoms with E-state index in [0.717, 1.165) is 11.3 Å². The molecule has 0 bridgehead atoms. The standard InChI is InChI=1S/C8H9N.BrH/c1-2-7-3-5-8(9)6-4-7;/h2-6H,1,9H2;1H. The van der Waals surface area contributed by atoms with Crippen LogP contribution >= 0.6 is 0 Å². The van der Waals surface area contributed by atoms with Crippen LogP contribution in [0.2, 0.25) is 0 Å². The summed E-state index contributed by atoms with van der Waals surface area (Å²) in [6.07, 6.45) is 1.82. The lowest BCUT2D eigenvalue weighted by atomic mass is 10.2. The Kier molecular flexibility index (Phi) is 4.00. The molecule has 0 aliphatic carbocycles. The molecule has 0 saturated carbocycles. The smallest absolute Gasteiger partial charge is 0.127 e. The molecule has 0 spiro atoms. The zero-order valence-electron chi connectivity index (χ0n) is 5.68. The van der Waals surface area contributed by atoms with E-state index in [1.165, 1.54) is 0 Å². The first kappa shape index (κ1) is 9.40. The summed E-state index contributed by atoms with van der Waals surface area (Å²) in [5, 5.41) is 0. The van der Waals surface area contributed by atoms with Crippen molar-refractivity contribution in [1.82, 2.24) is 0 Å². The average molecular weight is 200 g/mol. The zero-order valence-corrected chi connectivity index (χ0v) is 7.26. The van der Waals surface area contributed by atoms with Gasteiger partial charge in [-0.15, -0.1) is 0 Å². The highest BCUT2D eigenvalue weighted by molar-refractivity contribution is 5.49. The third-order valence-electron chi connectivity index (χ3n) is 1.22. The number of halogens is 1. The van der Waals surface area contributed by atoms with Crippen LogP contribution in [0.15, 0.2) is 30.8 Å². The Hall–Kier alpha value is -0.600. The van der Waals surface area contributed by atoms with Gasteiger partial charge in [0.25, 0.3) is 0 Å². The first-order chi connectivity index (χ1) is 4.33. The van der Waals surface area contributed by atoms with Gasteiger partial charge in [-0.25, -0.2) is 0 Å². The van der Waals surface area contributed by atoms with Gasteiger partial charge in [-0.2, -0.15) is 0 Å². The van der Waals surface area contributed by atoms with Crippen LogP contribution in [0.1, 0.15) is 5.56 Å². The molecule has 0 aliphatic rings. The van der Waals surface area contributed by atoms with Crippen LogP contribution in [-0.4, -0.2) is 0 Å². The predicted molar refractivity (Wildman–Crippen MR) is 39.1 cm³/mol. The second-order valence-corrected chi connectivity index (χ2v) is 1.95. The Balaban J connectivity index is 0.000000810. The van der Waals surface area contributed by atoms with Gasteiger partial charge >= 0.3 is 0 Å². The van der Waals surface area contributed by atoms with Gasteiger partial charge in [0.15, 0.2) is 0 Å². The summed E-state index contributed by atoms with van der Waals surface area (Å²) in [6.45, 7) is 3.64. The van der Waals surface area contributed by atoms with Gasteiger partial charge in [0.1, 0.15) is 5.69 Å². The number of hydrogen-bond acceptors (Lipinski definition) is 0. The molecule has 0 fully saturated rings. The molecule has 0 atom stereocenters. The van der Waals surface area contributed by atoms with E-state index in [1.807, 2.05) is 30.3 Å². The third-order valence-corrected chi connectivity index (χ3v) is 1.22. The minimum Gasteiger partial charge on any atom is -1.00 e. The molecule has 0 saturated heterocycles. The minimum atomic E-state index is 0. The van der Waals surface area contributed by atoms with Gasteiger partial charge in [0.2, 0.25) is 0 Å². The highest BCUT2D eigenvalue weighted by Crippen LogP contribution is 2.03. The molecule has 0 heterocycles. The Morgan fingerprint density at radius 2 is 1.70 bits per heavy atom. The molecule has 0 aliphatic heterocycles. The maximum atomic E-state index is 3.76. The highest BCUT2D eigenvalue weighted by atomic mass is 79.9. The molecule has 0 aromatic heterocycles. The van der Waals surface area contributed by atoms with E-state index >= 15 is 0 Å². The van der Waals surface area contributed by atoms with Crippen LogP contribution in [0, 0.1) is 0 Å². The van der Waals surface area contributed by atoms with Crippen molar-refractivity contribution in [3.63, 3.8) is 0 Å². The van der Waals surface area contributed by atoms with Crippen molar-refractivity contribution in [2.24, 2.45) is 0 Å². The van der Waals surface area contributed by atoms with E-state index in [2.05, 4.69) is 12.3 Å². The fraction of sp³-hybridized carbons (Fsp3) is 0. The molecule has 1 nitrogen and oxygen atoms in total. The largest absolute Gasteiger partial charge is 1.00 e. The second kappa shape index (κ2) is 4.25. The number of benzene rings is 1. The van der Waals surface area contributed by atoms with Crippen molar-refractivity contribution in [2.75, 3.05) is 0 Å². The third kappa shape index (κ3) is 2.33. The van der Waals surface area contributed by atoms with E-state index in [4.69, 9.17) is 0 Å². The van der Waals surface area contributed by atoms with Crippen LogP contribution in [0.4, 0.5) is 5.69 Å². The van der Waals surface area contributed by atoms with Crippen molar-refractivity contribution in [3.8, 4) is 0 Å². The van der Waals surface area contributed by atoms with Gasteiger partial charge in [0, 0.05) is 0 Å². The van der Waals surface area contributed by atoms with Crippen molar-refractivity contribution < 1.29 is 22.7 Å². The average Bonchev–Trinajstić information content (AvgIpc) is 1.90. The molecule has 54 valence electrons. The SMILES string of the molecule is C=Cc1ccc([NH3+])cc1.[Br-]. The summed E-state index contributed by atoms with van der Waals surface area (Å²) in [7, 11) is 0. The van der Waals surface area contributed by atoms with Crippen LogP contribution in [0.5, 0.6) is 0 Å². The van der Waals surface area contributed by atoms with Crippen LogP contribution < -0.4 is 22.7 Å². The molecule has 2 heteroatoms. The second-order valence-electron chi connectivity index (χ2n) is 1.95. The normalized spacial score (nSPS) is 8.10. The quantitative estimate of drug-likeness (QED) is 0.554. The summed E-state index contributed by atoms with van der Waals surface area (Å²) in [6, 6.07) is 7.93. The van der Waals surface area contributed by atoms with E-state index < -0.39 is 0 Å². The highest BCUT2D eigenvalue weighted by Gasteiger charge is 1.85. The van der Waals surface area contributed by atoms with Gasteiger partial charge in [-0.05, 0) is 29.8 Å². The van der Waals surface area contributed by atoms with Crippen molar-refractivity contribution in [2.45, 2.75) is 0 Å². The molecule has 10 heavy (non-hydrogen) atoms. The van der Waals surface area contributed by atoms with Gasteiger partial charge in [0.05, 0.1) is 0 Å². The molecule has 0 radical (unpaired) electrons. The Bertz CT molecular complexity index is 203. The first-order valence-electron chi connectivity index (χ1n) is 2.87. The Morgan fingerprint density at radius 1 is 1.20 bits per heavy atom. The van der Waals surface area contributed by atoms with E-state index in [0.29, 0.717) is 0 Å². The number of rotatable bonds is 1. The van der Waals surface area contributed by atoms with E-state index in [9.17, 15) is 0 Å². The number of hydrogen-bond donors (Lipinski definition) is 1. The molecule has 0 amide bonds. The van der Waals surface area contributed by atoms with Crippen molar-refractivity contribution in [3.05, 3.63) is 36.4 Å². The van der Waals surface area contributed by atoms with Gasteiger partial charge in [-0.1, -0.05) is 12.7 Å². The summed E-state index contributed by atoms with van der Waals surface area (Å²) < 4.78 is 0. The van der Waals surface area contributed by atoms with Crippen LogP contribution in [0.25, 0.3) is 6.08 Å². The predicted octanol–water partition coefficient (Wildman–Crippen LogP) is -1.79. The fourth-order valence-corrected chi connectivity index (χ4v) is 0.654. The van der Waals surface area contributed by atoms with Crippen molar-refractivity contribution >= 4 is 11.8 Å². The summed E-state index contributed by atoms with van der Waals surface area (Å²) >= 11 is 0. The minimum absolute atomic E-state index is 0.